The fourth-order valence-corrected chi connectivity index (χ4v) is 2.90. The van der Waals surface area contributed by atoms with E-state index in [1.807, 2.05) is 6.92 Å². The van der Waals surface area contributed by atoms with Crippen LogP contribution in [-0.4, -0.2) is 30.1 Å². The van der Waals surface area contributed by atoms with Crippen LogP contribution in [0.15, 0.2) is 35.5 Å². The summed E-state index contributed by atoms with van der Waals surface area (Å²) in [5, 5.41) is 3.48. The number of carbonyl (C=O) groups is 2. The van der Waals surface area contributed by atoms with E-state index in [1.165, 1.54) is 0 Å². The van der Waals surface area contributed by atoms with Gasteiger partial charge < -0.3 is 10.1 Å². The molecule has 0 aliphatic carbocycles. The fourth-order valence-electron chi connectivity index (χ4n) is 2.77. The summed E-state index contributed by atoms with van der Waals surface area (Å²) >= 11 is 5.89. The van der Waals surface area contributed by atoms with Gasteiger partial charge in [-0.05, 0) is 24.6 Å². The highest BCUT2D eigenvalue weighted by Gasteiger charge is 2.39. The molecule has 2 amide bonds. The molecule has 2 heterocycles. The number of rotatable bonds is 2. The maximum atomic E-state index is 12.2. The summed E-state index contributed by atoms with van der Waals surface area (Å²) < 4.78 is 5.15. The van der Waals surface area contributed by atoms with Gasteiger partial charge in [0.2, 0.25) is 0 Å². The van der Waals surface area contributed by atoms with E-state index >= 15 is 0 Å². The van der Waals surface area contributed by atoms with E-state index in [4.69, 9.17) is 16.3 Å². The van der Waals surface area contributed by atoms with E-state index in [1.54, 1.807) is 29.2 Å². The van der Waals surface area contributed by atoms with E-state index in [-0.39, 0.29) is 12.0 Å². The maximum absolute atomic E-state index is 12.2. The van der Waals surface area contributed by atoms with Gasteiger partial charge in [-0.2, -0.15) is 0 Å². The number of hydrogen-bond donors (Lipinski definition) is 1. The Morgan fingerprint density at radius 3 is 2.71 bits per heavy atom. The molecule has 1 unspecified atom stereocenters. The zero-order valence-electron chi connectivity index (χ0n) is 11.6. The molecule has 110 valence electrons. The molecule has 2 aliphatic heterocycles. The SMILES string of the molecule is CCN1C(=O)NC(c2ccc(Cl)cc2)C2=C1CCOC2=O. The number of cyclic esters (lactones) is 1. The summed E-state index contributed by atoms with van der Waals surface area (Å²) in [5.74, 6) is -0.366. The first-order chi connectivity index (χ1) is 10.1. The topological polar surface area (TPSA) is 58.6 Å². The highest BCUT2D eigenvalue weighted by atomic mass is 35.5. The van der Waals surface area contributed by atoms with Crippen LogP contribution in [0.3, 0.4) is 0 Å². The highest BCUT2D eigenvalue weighted by Crippen LogP contribution is 2.35. The third-order valence-electron chi connectivity index (χ3n) is 3.75. The average molecular weight is 307 g/mol. The van der Waals surface area contributed by atoms with Gasteiger partial charge in [0.25, 0.3) is 0 Å². The van der Waals surface area contributed by atoms with Crippen molar-refractivity contribution in [3.8, 4) is 0 Å². The smallest absolute Gasteiger partial charge is 0.338 e. The van der Waals surface area contributed by atoms with Crippen LogP contribution in [0.4, 0.5) is 4.79 Å². The summed E-state index contributed by atoms with van der Waals surface area (Å²) in [6, 6.07) is 6.42. The normalized spacial score (nSPS) is 21.8. The largest absolute Gasteiger partial charge is 0.462 e. The molecule has 6 heteroatoms. The molecule has 0 saturated carbocycles. The lowest BCUT2D eigenvalue weighted by Gasteiger charge is -2.38. The number of ether oxygens (including phenoxy) is 1. The molecule has 1 atom stereocenters. The van der Waals surface area contributed by atoms with E-state index in [0.717, 1.165) is 11.3 Å². The number of nitrogens with one attached hydrogen (secondary N) is 1. The molecule has 0 spiro atoms. The number of urea groups is 1. The van der Waals surface area contributed by atoms with E-state index in [9.17, 15) is 9.59 Å². The van der Waals surface area contributed by atoms with Crippen molar-refractivity contribution in [3.05, 3.63) is 46.1 Å². The Hall–Kier alpha value is -2.01. The molecule has 0 radical (unpaired) electrons. The second-order valence-electron chi connectivity index (χ2n) is 4.92. The number of benzene rings is 1. The highest BCUT2D eigenvalue weighted by molar-refractivity contribution is 6.30. The standard InChI is InChI=1S/C15H15ClN2O3/c1-2-18-11-7-8-21-14(19)12(11)13(17-15(18)20)9-3-5-10(16)6-4-9/h3-6,13H,2,7-8H2,1H3,(H,17,20). The average Bonchev–Trinajstić information content (AvgIpc) is 2.47. The van der Waals surface area contributed by atoms with Crippen molar-refractivity contribution in [1.82, 2.24) is 10.2 Å². The third-order valence-corrected chi connectivity index (χ3v) is 4.00. The summed E-state index contributed by atoms with van der Waals surface area (Å²) in [4.78, 5) is 26.0. The zero-order chi connectivity index (χ0) is 15.0. The summed E-state index contributed by atoms with van der Waals surface area (Å²) in [6.07, 6.45) is 0.562. The Morgan fingerprint density at radius 2 is 2.05 bits per heavy atom. The van der Waals surface area contributed by atoms with Crippen molar-refractivity contribution in [1.29, 1.82) is 0 Å². The number of amides is 2. The predicted octanol–water partition coefficient (Wildman–Crippen LogP) is 2.63. The molecule has 5 nitrogen and oxygen atoms in total. The number of carbonyl (C=O) groups excluding carboxylic acids is 2. The molecule has 21 heavy (non-hydrogen) atoms. The number of hydrogen-bond acceptors (Lipinski definition) is 3. The van der Waals surface area contributed by atoms with Crippen LogP contribution in [-0.2, 0) is 9.53 Å². The van der Waals surface area contributed by atoms with Crippen molar-refractivity contribution < 1.29 is 14.3 Å². The first kappa shape index (κ1) is 13.9. The van der Waals surface area contributed by atoms with E-state index < -0.39 is 6.04 Å². The first-order valence-electron chi connectivity index (χ1n) is 6.85. The minimum absolute atomic E-state index is 0.189. The molecular formula is C15H15ClN2O3. The van der Waals surface area contributed by atoms with Crippen molar-refractivity contribution in [3.63, 3.8) is 0 Å². The fraction of sp³-hybridized carbons (Fsp3) is 0.333. The molecule has 2 aliphatic rings. The Balaban J connectivity index is 2.09. The van der Waals surface area contributed by atoms with Gasteiger partial charge in [-0.3, -0.25) is 4.90 Å². The Labute approximate surface area is 127 Å². The monoisotopic (exact) mass is 306 g/mol. The third kappa shape index (κ3) is 2.38. The second kappa shape index (κ2) is 5.41. The zero-order valence-corrected chi connectivity index (χ0v) is 12.3. The van der Waals surface area contributed by atoms with Gasteiger partial charge in [0.15, 0.2) is 0 Å². The van der Waals surface area contributed by atoms with Crippen LogP contribution in [0.1, 0.15) is 24.9 Å². The van der Waals surface area contributed by atoms with Crippen LogP contribution >= 0.6 is 11.6 Å². The lowest BCUT2D eigenvalue weighted by molar-refractivity contribution is -0.141. The van der Waals surface area contributed by atoms with E-state index in [2.05, 4.69) is 5.32 Å². The van der Waals surface area contributed by atoms with Crippen LogP contribution < -0.4 is 5.32 Å². The lowest BCUT2D eigenvalue weighted by Crippen LogP contribution is -2.49. The minimum Gasteiger partial charge on any atom is -0.462 e. The van der Waals surface area contributed by atoms with Crippen LogP contribution in [0.25, 0.3) is 0 Å². The summed E-state index contributed by atoms with van der Waals surface area (Å²) in [5.41, 5.74) is 2.09. The van der Waals surface area contributed by atoms with Gasteiger partial charge in [-0.1, -0.05) is 23.7 Å². The number of halogens is 1. The summed E-state index contributed by atoms with van der Waals surface area (Å²) in [6.45, 7) is 2.72. The summed E-state index contributed by atoms with van der Waals surface area (Å²) in [7, 11) is 0. The molecule has 1 aromatic rings. The molecular weight excluding hydrogens is 292 g/mol. The molecule has 0 fully saturated rings. The van der Waals surface area contributed by atoms with Gasteiger partial charge in [0, 0.05) is 23.7 Å². The van der Waals surface area contributed by atoms with Gasteiger partial charge in [0.05, 0.1) is 18.2 Å². The van der Waals surface area contributed by atoms with Crippen LogP contribution in [0, 0.1) is 0 Å². The number of nitrogens with zero attached hydrogens (tertiary/aromatic N) is 1. The maximum Gasteiger partial charge on any atom is 0.338 e. The van der Waals surface area contributed by atoms with Gasteiger partial charge in [-0.15, -0.1) is 0 Å². The molecule has 0 aromatic heterocycles. The predicted molar refractivity (Wildman–Crippen MR) is 77.7 cm³/mol. The molecule has 0 saturated heterocycles. The minimum atomic E-state index is -0.486. The van der Waals surface area contributed by atoms with E-state index in [0.29, 0.717) is 30.2 Å². The van der Waals surface area contributed by atoms with Gasteiger partial charge >= 0.3 is 12.0 Å². The van der Waals surface area contributed by atoms with Crippen molar-refractivity contribution in [2.45, 2.75) is 19.4 Å². The Bertz CT molecular complexity index is 624. The Kier molecular flexibility index (Phi) is 3.59. The molecule has 3 rings (SSSR count). The first-order valence-corrected chi connectivity index (χ1v) is 7.23. The Morgan fingerprint density at radius 1 is 1.33 bits per heavy atom. The van der Waals surface area contributed by atoms with Crippen molar-refractivity contribution in [2.75, 3.05) is 13.2 Å². The number of esters is 1. The van der Waals surface area contributed by atoms with Gasteiger partial charge in [-0.25, -0.2) is 9.59 Å². The van der Waals surface area contributed by atoms with Crippen molar-refractivity contribution in [2.24, 2.45) is 0 Å². The lowest BCUT2D eigenvalue weighted by atomic mass is 9.92. The molecule has 0 bridgehead atoms. The van der Waals surface area contributed by atoms with Crippen molar-refractivity contribution >= 4 is 23.6 Å². The molecule has 1 aromatic carbocycles. The van der Waals surface area contributed by atoms with Crippen LogP contribution in [0.5, 0.6) is 0 Å². The molecule has 1 N–H and O–H groups in total. The quantitative estimate of drug-likeness (QED) is 0.855. The van der Waals surface area contributed by atoms with Gasteiger partial charge in [0.1, 0.15) is 0 Å². The second-order valence-corrected chi connectivity index (χ2v) is 5.36. The van der Waals surface area contributed by atoms with Crippen LogP contribution in [0.2, 0.25) is 5.02 Å².